The van der Waals surface area contributed by atoms with Gasteiger partial charge in [0.05, 0.1) is 5.69 Å². The summed E-state index contributed by atoms with van der Waals surface area (Å²) in [5.41, 5.74) is -0.139. The summed E-state index contributed by atoms with van der Waals surface area (Å²) < 4.78 is 9.71. The Labute approximate surface area is 113 Å². The van der Waals surface area contributed by atoms with Crippen LogP contribution in [0.1, 0.15) is 26.7 Å². The number of aromatic carboxylic acids is 1. The average Bonchev–Trinajstić information content (AvgIpc) is 2.88. The number of carboxylic acids is 1. The van der Waals surface area contributed by atoms with Gasteiger partial charge in [-0.2, -0.15) is 0 Å². The van der Waals surface area contributed by atoms with Crippen LogP contribution in [-0.4, -0.2) is 34.2 Å². The lowest BCUT2D eigenvalue weighted by Gasteiger charge is -2.05. The van der Waals surface area contributed by atoms with Crippen molar-refractivity contribution in [1.29, 1.82) is 0 Å². The van der Waals surface area contributed by atoms with Crippen LogP contribution in [0.3, 0.4) is 0 Å². The average molecular weight is 277 g/mol. The van der Waals surface area contributed by atoms with Gasteiger partial charge < -0.3 is 19.7 Å². The van der Waals surface area contributed by atoms with Gasteiger partial charge in [-0.25, -0.2) is 9.78 Å². The van der Waals surface area contributed by atoms with E-state index in [1.807, 2.05) is 0 Å². The minimum absolute atomic E-state index is 0.0252. The van der Waals surface area contributed by atoms with Crippen molar-refractivity contribution < 1.29 is 24.0 Å². The fraction of sp³-hybridized carbons (Fsp3) is 0.167. The summed E-state index contributed by atoms with van der Waals surface area (Å²) in [4.78, 5) is 26.6. The third-order valence-electron chi connectivity index (χ3n) is 2.34. The first-order chi connectivity index (χ1) is 9.61. The number of anilines is 1. The van der Waals surface area contributed by atoms with Crippen LogP contribution in [0.15, 0.2) is 28.9 Å². The Morgan fingerprint density at radius 3 is 3.00 bits per heavy atom. The molecule has 2 aromatic heterocycles. The number of carbonyl (C=O) groups is 2. The Kier molecular flexibility index (Phi) is 4.06. The summed E-state index contributed by atoms with van der Waals surface area (Å²) >= 11 is 0. The smallest absolute Gasteiger partial charge is 0.356 e. The van der Waals surface area contributed by atoms with E-state index >= 15 is 0 Å². The zero-order valence-electron chi connectivity index (χ0n) is 10.5. The van der Waals surface area contributed by atoms with Gasteiger partial charge in [-0.15, -0.1) is 0 Å². The molecular formula is C12H11N3O5. The summed E-state index contributed by atoms with van der Waals surface area (Å²) in [7, 11) is 1.48. The second-order valence-corrected chi connectivity index (χ2v) is 3.77. The number of aromatic nitrogens is 2. The molecule has 0 atom stereocenters. The lowest BCUT2D eigenvalue weighted by Crippen LogP contribution is -2.15. The Hall–Kier alpha value is -2.74. The number of ether oxygens (including phenoxy) is 1. The molecule has 0 aliphatic heterocycles. The van der Waals surface area contributed by atoms with Crippen LogP contribution in [0, 0.1) is 0 Å². The van der Waals surface area contributed by atoms with Gasteiger partial charge in [0.25, 0.3) is 5.91 Å². The first kappa shape index (κ1) is 13.7. The Morgan fingerprint density at radius 2 is 2.30 bits per heavy atom. The second-order valence-electron chi connectivity index (χ2n) is 3.77. The van der Waals surface area contributed by atoms with Crippen LogP contribution in [0.5, 0.6) is 0 Å². The largest absolute Gasteiger partial charge is 0.476 e. The fourth-order valence-corrected chi connectivity index (χ4v) is 1.49. The predicted octanol–water partition coefficient (Wildman–Crippen LogP) is 1.17. The highest BCUT2D eigenvalue weighted by molar-refractivity contribution is 6.06. The van der Waals surface area contributed by atoms with Gasteiger partial charge in [-0.05, 0) is 12.1 Å². The monoisotopic (exact) mass is 277 g/mol. The number of rotatable bonds is 5. The number of nitrogens with one attached hydrogen (secondary N) is 1. The highest BCUT2D eigenvalue weighted by atomic mass is 16.5. The zero-order chi connectivity index (χ0) is 14.5. The summed E-state index contributed by atoms with van der Waals surface area (Å²) in [5, 5.41) is 14.9. The van der Waals surface area contributed by atoms with Crippen molar-refractivity contribution in [3.8, 4) is 0 Å². The lowest BCUT2D eigenvalue weighted by molar-refractivity contribution is 0.0691. The van der Waals surface area contributed by atoms with Crippen LogP contribution >= 0.6 is 0 Å². The number of carbonyl (C=O) groups excluding carboxylic acids is 1. The van der Waals surface area contributed by atoms with Crippen LogP contribution in [0.4, 0.5) is 5.69 Å². The molecule has 0 aliphatic rings. The predicted molar refractivity (Wildman–Crippen MR) is 66.4 cm³/mol. The molecule has 20 heavy (non-hydrogen) atoms. The second kappa shape index (κ2) is 5.93. The Morgan fingerprint density at radius 1 is 1.50 bits per heavy atom. The topological polar surface area (TPSA) is 115 Å². The van der Waals surface area contributed by atoms with Crippen LogP contribution < -0.4 is 5.32 Å². The number of methoxy groups -OCH3 is 1. The van der Waals surface area contributed by atoms with E-state index < -0.39 is 11.9 Å². The van der Waals surface area contributed by atoms with Gasteiger partial charge in [-0.3, -0.25) is 4.79 Å². The maximum absolute atomic E-state index is 11.9. The van der Waals surface area contributed by atoms with Crippen LogP contribution in [0.2, 0.25) is 0 Å². The molecule has 2 aromatic rings. The quantitative estimate of drug-likeness (QED) is 0.842. The van der Waals surface area contributed by atoms with Gasteiger partial charge >= 0.3 is 5.97 Å². The Balaban J connectivity index is 2.17. The fourth-order valence-electron chi connectivity index (χ4n) is 1.49. The van der Waals surface area contributed by atoms with Crippen molar-refractivity contribution in [3.05, 3.63) is 41.5 Å². The molecule has 8 nitrogen and oxygen atoms in total. The number of carboxylic acid groups (broad SMARTS) is 1. The molecule has 8 heteroatoms. The SMILES string of the molecule is COCc1cc(C(=O)Nc2cccnc2C(=O)O)no1. The van der Waals surface area contributed by atoms with Crippen molar-refractivity contribution >= 4 is 17.6 Å². The lowest BCUT2D eigenvalue weighted by atomic mass is 10.2. The molecule has 0 fully saturated rings. The van der Waals surface area contributed by atoms with Crippen LogP contribution in [0.25, 0.3) is 0 Å². The van der Waals surface area contributed by atoms with E-state index in [0.717, 1.165) is 0 Å². The summed E-state index contributed by atoms with van der Waals surface area (Å²) in [6.45, 7) is 0.188. The van der Waals surface area contributed by atoms with E-state index in [0.29, 0.717) is 5.76 Å². The van der Waals surface area contributed by atoms with E-state index in [9.17, 15) is 9.59 Å². The number of hydrogen-bond acceptors (Lipinski definition) is 6. The van der Waals surface area contributed by atoms with E-state index in [1.165, 1.54) is 31.5 Å². The van der Waals surface area contributed by atoms with Gasteiger partial charge in [0.1, 0.15) is 6.61 Å². The van der Waals surface area contributed by atoms with E-state index in [1.54, 1.807) is 0 Å². The van der Waals surface area contributed by atoms with Crippen molar-refractivity contribution in [1.82, 2.24) is 10.1 Å². The third-order valence-corrected chi connectivity index (χ3v) is 2.34. The molecule has 0 aromatic carbocycles. The van der Waals surface area contributed by atoms with Gasteiger partial charge in [0.15, 0.2) is 17.1 Å². The maximum Gasteiger partial charge on any atom is 0.356 e. The van der Waals surface area contributed by atoms with Crippen molar-refractivity contribution in [3.63, 3.8) is 0 Å². The minimum atomic E-state index is -1.24. The molecule has 2 heterocycles. The zero-order valence-corrected chi connectivity index (χ0v) is 10.5. The minimum Gasteiger partial charge on any atom is -0.476 e. The molecule has 0 spiro atoms. The van der Waals surface area contributed by atoms with Crippen molar-refractivity contribution in [2.75, 3.05) is 12.4 Å². The van der Waals surface area contributed by atoms with E-state index in [-0.39, 0.29) is 23.7 Å². The van der Waals surface area contributed by atoms with Gasteiger partial charge in [0.2, 0.25) is 0 Å². The summed E-state index contributed by atoms with van der Waals surface area (Å²) in [6.07, 6.45) is 1.33. The molecule has 1 amide bonds. The van der Waals surface area contributed by atoms with Gasteiger partial charge in [-0.1, -0.05) is 5.16 Å². The maximum atomic E-state index is 11.9. The summed E-state index contributed by atoms with van der Waals surface area (Å²) in [6, 6.07) is 4.36. The molecule has 0 bridgehead atoms. The first-order valence-corrected chi connectivity index (χ1v) is 5.56. The van der Waals surface area contributed by atoms with Crippen molar-refractivity contribution in [2.45, 2.75) is 6.61 Å². The molecule has 0 unspecified atom stereocenters. The van der Waals surface area contributed by atoms with E-state index in [2.05, 4.69) is 15.5 Å². The number of hydrogen-bond donors (Lipinski definition) is 2. The number of pyridine rings is 1. The molecule has 0 saturated heterocycles. The Bertz CT molecular complexity index is 638. The standard InChI is InChI=1S/C12H11N3O5/c1-19-6-7-5-9(15-20-7)11(16)14-8-3-2-4-13-10(8)12(17)18/h2-5H,6H2,1H3,(H,14,16)(H,17,18). The molecule has 104 valence electrons. The molecule has 0 saturated carbocycles. The number of amides is 1. The van der Waals surface area contributed by atoms with Crippen molar-refractivity contribution in [2.24, 2.45) is 0 Å². The highest BCUT2D eigenvalue weighted by Crippen LogP contribution is 2.14. The van der Waals surface area contributed by atoms with Crippen LogP contribution in [-0.2, 0) is 11.3 Å². The molecule has 2 N–H and O–H groups in total. The first-order valence-electron chi connectivity index (χ1n) is 5.56. The molecule has 0 radical (unpaired) electrons. The molecule has 0 aliphatic carbocycles. The highest BCUT2D eigenvalue weighted by Gasteiger charge is 2.17. The summed E-state index contributed by atoms with van der Waals surface area (Å²) in [5.74, 6) is -1.44. The van der Waals surface area contributed by atoms with Gasteiger partial charge in [0, 0.05) is 19.4 Å². The third kappa shape index (κ3) is 2.98. The number of nitrogens with zero attached hydrogens (tertiary/aromatic N) is 2. The molecular weight excluding hydrogens is 266 g/mol. The normalized spacial score (nSPS) is 10.2. The molecule has 2 rings (SSSR count). The van der Waals surface area contributed by atoms with E-state index in [4.69, 9.17) is 14.4 Å².